The van der Waals surface area contributed by atoms with Crippen molar-refractivity contribution in [2.45, 2.75) is 39.2 Å². The second-order valence-corrected chi connectivity index (χ2v) is 5.49. The first-order chi connectivity index (χ1) is 9.23. The zero-order valence-electron chi connectivity index (χ0n) is 12.4. The van der Waals surface area contributed by atoms with Crippen molar-refractivity contribution in [1.82, 2.24) is 0 Å². The van der Waals surface area contributed by atoms with E-state index in [1.807, 2.05) is 0 Å². The van der Waals surface area contributed by atoms with Gasteiger partial charge in [0.25, 0.3) is 0 Å². The van der Waals surface area contributed by atoms with Gasteiger partial charge in [-0.25, -0.2) is 4.79 Å². The fourth-order valence-electron chi connectivity index (χ4n) is 1.67. The van der Waals surface area contributed by atoms with Crippen LogP contribution >= 0.6 is 0 Å². The van der Waals surface area contributed by atoms with Crippen LogP contribution < -0.4 is 5.73 Å². The summed E-state index contributed by atoms with van der Waals surface area (Å²) >= 11 is 0. The summed E-state index contributed by atoms with van der Waals surface area (Å²) in [4.78, 5) is 23.4. The van der Waals surface area contributed by atoms with Crippen LogP contribution in [0.3, 0.4) is 0 Å². The van der Waals surface area contributed by atoms with Crippen LogP contribution in [-0.2, 0) is 20.7 Å². The molecule has 5 nitrogen and oxygen atoms in total. The number of rotatable bonds is 4. The van der Waals surface area contributed by atoms with E-state index < -0.39 is 11.6 Å². The maximum atomic E-state index is 12.2. The molecule has 0 aliphatic carbocycles. The highest BCUT2D eigenvalue weighted by molar-refractivity contribution is 5.92. The maximum absolute atomic E-state index is 12.2. The Bertz CT molecular complexity index is 503. The minimum absolute atomic E-state index is 0.205. The standard InChI is InChI=1S/C15H21NO4/c1-15(2,3)20-14(18)12-9-11(16)7-5-10(12)6-8-13(17)19-4/h5,7,9H,6,8,16H2,1-4H3. The molecule has 0 atom stereocenters. The molecule has 0 saturated heterocycles. The Labute approximate surface area is 119 Å². The van der Waals surface area contributed by atoms with Gasteiger partial charge in [0.1, 0.15) is 5.60 Å². The van der Waals surface area contributed by atoms with E-state index in [4.69, 9.17) is 10.5 Å². The molecule has 0 spiro atoms. The summed E-state index contributed by atoms with van der Waals surface area (Å²) in [5.74, 6) is -0.762. The molecule has 0 aliphatic heterocycles. The molecule has 1 rings (SSSR count). The molecule has 20 heavy (non-hydrogen) atoms. The molecule has 110 valence electrons. The Morgan fingerprint density at radius 1 is 1.25 bits per heavy atom. The Kier molecular flexibility index (Phi) is 5.13. The van der Waals surface area contributed by atoms with Crippen LogP contribution in [-0.4, -0.2) is 24.6 Å². The van der Waals surface area contributed by atoms with E-state index >= 15 is 0 Å². The Morgan fingerprint density at radius 3 is 2.45 bits per heavy atom. The summed E-state index contributed by atoms with van der Waals surface area (Å²) in [5, 5.41) is 0. The highest BCUT2D eigenvalue weighted by Crippen LogP contribution is 2.19. The van der Waals surface area contributed by atoms with Gasteiger partial charge in [-0.2, -0.15) is 0 Å². The van der Waals surface area contributed by atoms with Gasteiger partial charge in [0.2, 0.25) is 0 Å². The molecule has 0 bridgehead atoms. The summed E-state index contributed by atoms with van der Waals surface area (Å²) < 4.78 is 9.94. The van der Waals surface area contributed by atoms with Gasteiger partial charge in [0, 0.05) is 12.1 Å². The molecule has 0 fully saturated rings. The second-order valence-electron chi connectivity index (χ2n) is 5.49. The molecule has 0 heterocycles. The number of ether oxygens (including phenoxy) is 2. The summed E-state index contributed by atoms with van der Waals surface area (Å²) in [7, 11) is 1.33. The van der Waals surface area contributed by atoms with Crippen molar-refractivity contribution in [3.05, 3.63) is 29.3 Å². The van der Waals surface area contributed by atoms with E-state index in [0.717, 1.165) is 5.56 Å². The SMILES string of the molecule is COC(=O)CCc1ccc(N)cc1C(=O)OC(C)(C)C. The number of methoxy groups -OCH3 is 1. The number of hydrogen-bond acceptors (Lipinski definition) is 5. The number of nitrogen functional groups attached to an aromatic ring is 1. The van der Waals surface area contributed by atoms with Crippen molar-refractivity contribution in [3.8, 4) is 0 Å². The lowest BCUT2D eigenvalue weighted by Crippen LogP contribution is -2.24. The zero-order chi connectivity index (χ0) is 15.3. The van der Waals surface area contributed by atoms with Gasteiger partial charge in [-0.15, -0.1) is 0 Å². The number of nitrogens with two attached hydrogens (primary N) is 1. The van der Waals surface area contributed by atoms with Crippen molar-refractivity contribution in [2.24, 2.45) is 0 Å². The fourth-order valence-corrected chi connectivity index (χ4v) is 1.67. The molecular weight excluding hydrogens is 258 g/mol. The number of carbonyl (C=O) groups is 2. The number of aryl methyl sites for hydroxylation is 1. The van der Waals surface area contributed by atoms with Crippen LogP contribution in [0, 0.1) is 0 Å². The summed E-state index contributed by atoms with van der Waals surface area (Å²) in [6.45, 7) is 5.39. The number of hydrogen-bond donors (Lipinski definition) is 1. The van der Waals surface area contributed by atoms with Crippen LogP contribution in [0.1, 0.15) is 43.1 Å². The predicted octanol–water partition coefficient (Wildman–Crippen LogP) is 2.33. The van der Waals surface area contributed by atoms with Crippen LogP contribution in [0.15, 0.2) is 18.2 Å². The normalized spacial score (nSPS) is 11.0. The second kappa shape index (κ2) is 6.41. The number of anilines is 1. The van der Waals surface area contributed by atoms with E-state index in [1.165, 1.54) is 7.11 Å². The van der Waals surface area contributed by atoms with Gasteiger partial charge >= 0.3 is 11.9 Å². The quantitative estimate of drug-likeness (QED) is 0.676. The van der Waals surface area contributed by atoms with Crippen molar-refractivity contribution >= 4 is 17.6 Å². The predicted molar refractivity (Wildman–Crippen MR) is 76.4 cm³/mol. The minimum atomic E-state index is -0.582. The number of esters is 2. The number of benzene rings is 1. The van der Waals surface area contributed by atoms with E-state index in [9.17, 15) is 9.59 Å². The lowest BCUT2D eigenvalue weighted by Gasteiger charge is -2.20. The van der Waals surface area contributed by atoms with Crippen LogP contribution in [0.2, 0.25) is 0 Å². The highest BCUT2D eigenvalue weighted by atomic mass is 16.6. The molecule has 0 radical (unpaired) electrons. The molecule has 2 N–H and O–H groups in total. The van der Waals surface area contributed by atoms with E-state index in [2.05, 4.69) is 4.74 Å². The Balaban J connectivity index is 2.95. The van der Waals surface area contributed by atoms with E-state index in [0.29, 0.717) is 17.7 Å². The molecule has 0 saturated carbocycles. The maximum Gasteiger partial charge on any atom is 0.339 e. The third kappa shape index (κ3) is 4.91. The first-order valence-corrected chi connectivity index (χ1v) is 6.41. The van der Waals surface area contributed by atoms with Crippen molar-refractivity contribution in [2.75, 3.05) is 12.8 Å². The van der Waals surface area contributed by atoms with Gasteiger partial charge in [-0.1, -0.05) is 6.07 Å². The van der Waals surface area contributed by atoms with Crippen molar-refractivity contribution < 1.29 is 19.1 Å². The van der Waals surface area contributed by atoms with Gasteiger partial charge in [-0.05, 0) is 44.9 Å². The molecule has 0 aliphatic rings. The van der Waals surface area contributed by atoms with Crippen LogP contribution in [0.4, 0.5) is 5.69 Å². The summed E-state index contributed by atoms with van der Waals surface area (Å²) in [6.07, 6.45) is 0.609. The van der Waals surface area contributed by atoms with Crippen molar-refractivity contribution in [3.63, 3.8) is 0 Å². The Hall–Kier alpha value is -2.04. The van der Waals surface area contributed by atoms with Gasteiger partial charge < -0.3 is 15.2 Å². The topological polar surface area (TPSA) is 78.6 Å². The third-order valence-electron chi connectivity index (χ3n) is 2.58. The molecule has 0 aromatic heterocycles. The molecule has 0 amide bonds. The summed E-state index contributed by atoms with van der Waals surface area (Å²) in [6, 6.07) is 5.00. The molecule has 0 unspecified atom stereocenters. The molecule has 1 aromatic rings. The van der Waals surface area contributed by atoms with Crippen LogP contribution in [0.25, 0.3) is 0 Å². The minimum Gasteiger partial charge on any atom is -0.469 e. The Morgan fingerprint density at radius 2 is 1.90 bits per heavy atom. The molecule has 5 heteroatoms. The van der Waals surface area contributed by atoms with Gasteiger partial charge in [0.05, 0.1) is 12.7 Å². The summed E-state index contributed by atoms with van der Waals surface area (Å²) in [5.41, 5.74) is 6.72. The first-order valence-electron chi connectivity index (χ1n) is 6.41. The largest absolute Gasteiger partial charge is 0.469 e. The molecule has 1 aromatic carbocycles. The third-order valence-corrected chi connectivity index (χ3v) is 2.58. The van der Waals surface area contributed by atoms with E-state index in [-0.39, 0.29) is 12.4 Å². The average Bonchev–Trinajstić information content (AvgIpc) is 2.34. The van der Waals surface area contributed by atoms with Crippen LogP contribution in [0.5, 0.6) is 0 Å². The van der Waals surface area contributed by atoms with E-state index in [1.54, 1.807) is 39.0 Å². The van der Waals surface area contributed by atoms with Gasteiger partial charge in [0.15, 0.2) is 0 Å². The molecular formula is C15H21NO4. The monoisotopic (exact) mass is 279 g/mol. The lowest BCUT2D eigenvalue weighted by atomic mass is 10.0. The lowest BCUT2D eigenvalue weighted by molar-refractivity contribution is -0.140. The average molecular weight is 279 g/mol. The van der Waals surface area contributed by atoms with Crippen molar-refractivity contribution in [1.29, 1.82) is 0 Å². The number of carbonyl (C=O) groups excluding carboxylic acids is 2. The smallest absolute Gasteiger partial charge is 0.339 e. The fraction of sp³-hybridized carbons (Fsp3) is 0.467. The van der Waals surface area contributed by atoms with Gasteiger partial charge in [-0.3, -0.25) is 4.79 Å². The zero-order valence-corrected chi connectivity index (χ0v) is 12.4. The highest BCUT2D eigenvalue weighted by Gasteiger charge is 2.20. The first kappa shape index (κ1) is 16.0.